The highest BCUT2D eigenvalue weighted by atomic mass is 127. The molecule has 6 rings (SSSR count). The summed E-state index contributed by atoms with van der Waals surface area (Å²) in [5.41, 5.74) is 8.11. The van der Waals surface area contributed by atoms with Crippen molar-refractivity contribution in [3.05, 3.63) is 114 Å². The minimum Gasteiger partial charge on any atom is -0.289 e. The molecule has 0 fully saturated rings. The Labute approximate surface area is 201 Å². The topological polar surface area (TPSA) is 17.1 Å². The molecule has 0 spiro atoms. The number of halogens is 2. The molecule has 4 aromatic carbocycles. The monoisotopic (exact) mass is 608 g/mol. The van der Waals surface area contributed by atoms with Gasteiger partial charge < -0.3 is 0 Å². The lowest BCUT2D eigenvalue weighted by Crippen LogP contribution is -2.02. The predicted molar refractivity (Wildman–Crippen MR) is 141 cm³/mol. The van der Waals surface area contributed by atoms with Crippen molar-refractivity contribution in [3.8, 4) is 0 Å². The minimum atomic E-state index is 0.119. The van der Waals surface area contributed by atoms with Gasteiger partial charge in [-0.25, -0.2) is 0 Å². The number of hydrogen-bond acceptors (Lipinski definition) is 1. The van der Waals surface area contributed by atoms with E-state index in [1.165, 1.54) is 21.9 Å². The molecule has 0 amide bonds. The predicted octanol–water partition coefficient (Wildman–Crippen LogP) is 7.47. The summed E-state index contributed by atoms with van der Waals surface area (Å²) >= 11 is 4.61. The van der Waals surface area contributed by atoms with Gasteiger partial charge in [-0.05, 0) is 102 Å². The van der Waals surface area contributed by atoms with E-state index in [2.05, 4.69) is 130 Å². The average molecular weight is 608 g/mol. The van der Waals surface area contributed by atoms with Crippen LogP contribution in [0.15, 0.2) is 84.9 Å². The summed E-state index contributed by atoms with van der Waals surface area (Å²) in [6.45, 7) is 0. The smallest absolute Gasteiger partial charge is 0.195 e. The van der Waals surface area contributed by atoms with Gasteiger partial charge in [0, 0.05) is 29.4 Å². The summed E-state index contributed by atoms with van der Waals surface area (Å²) < 4.78 is 2.32. The normalized spacial score (nSPS) is 14.8. The molecule has 0 heterocycles. The summed E-state index contributed by atoms with van der Waals surface area (Å²) in [6, 6.07) is 29.4. The molecule has 0 unspecified atom stereocenters. The molecule has 2 aliphatic carbocycles. The molecule has 0 N–H and O–H groups in total. The second kappa shape index (κ2) is 6.89. The van der Waals surface area contributed by atoms with Crippen LogP contribution in [0.4, 0.5) is 0 Å². The quantitative estimate of drug-likeness (QED) is 0.216. The summed E-state index contributed by atoms with van der Waals surface area (Å²) in [4.78, 5) is 13.9. The number of benzene rings is 4. The molecule has 3 heteroatoms. The molecule has 0 radical (unpaired) electrons. The Kier molecular flexibility index (Phi) is 4.25. The Balaban J connectivity index is 1.73. The number of carbonyl (C=O) groups excluding carboxylic acids is 1. The van der Waals surface area contributed by atoms with Gasteiger partial charge in [-0.1, -0.05) is 60.7 Å². The van der Waals surface area contributed by atoms with Gasteiger partial charge in [-0.15, -0.1) is 0 Å². The molecule has 30 heavy (non-hydrogen) atoms. The second-order valence-corrected chi connectivity index (χ2v) is 10.0. The highest BCUT2D eigenvalue weighted by molar-refractivity contribution is 14.1. The highest BCUT2D eigenvalue weighted by Crippen LogP contribution is 2.56. The molecule has 0 saturated heterocycles. The average Bonchev–Trinajstić information content (AvgIpc) is 3.23. The number of rotatable bonds is 2. The fraction of sp³-hybridized carbons (Fsp3) is 0. The van der Waals surface area contributed by atoms with Crippen molar-refractivity contribution in [2.45, 2.75) is 0 Å². The third kappa shape index (κ3) is 2.61. The van der Waals surface area contributed by atoms with Crippen LogP contribution in [0.3, 0.4) is 0 Å². The van der Waals surface area contributed by atoms with E-state index in [1.54, 1.807) is 0 Å². The Bertz CT molecular complexity index is 1330. The van der Waals surface area contributed by atoms with Gasteiger partial charge >= 0.3 is 0 Å². The molecular formula is C27H14I2O. The molecule has 142 valence electrons. The van der Waals surface area contributed by atoms with Crippen LogP contribution in [0.25, 0.3) is 33.1 Å². The second-order valence-electron chi connectivity index (χ2n) is 7.55. The van der Waals surface area contributed by atoms with Crippen molar-refractivity contribution in [3.63, 3.8) is 0 Å². The lowest BCUT2D eigenvalue weighted by molar-refractivity contribution is -0.108. The first kappa shape index (κ1) is 18.5. The maximum Gasteiger partial charge on any atom is 0.195 e. The van der Waals surface area contributed by atoms with Crippen LogP contribution in [0.2, 0.25) is 0 Å². The molecule has 1 nitrogen and oxygen atoms in total. The van der Waals surface area contributed by atoms with E-state index in [9.17, 15) is 4.79 Å². The number of fused-ring (bicyclic) bond motifs is 3. The van der Waals surface area contributed by atoms with Crippen LogP contribution in [0, 0.1) is 7.14 Å². The van der Waals surface area contributed by atoms with Crippen LogP contribution in [-0.2, 0) is 4.79 Å². The van der Waals surface area contributed by atoms with Crippen molar-refractivity contribution in [2.75, 3.05) is 0 Å². The zero-order chi connectivity index (χ0) is 20.4. The first-order valence-corrected chi connectivity index (χ1v) is 11.9. The van der Waals surface area contributed by atoms with E-state index in [4.69, 9.17) is 0 Å². The van der Waals surface area contributed by atoms with Crippen LogP contribution in [0.1, 0.15) is 22.3 Å². The Morgan fingerprint density at radius 1 is 0.500 bits per heavy atom. The Morgan fingerprint density at radius 2 is 0.933 bits per heavy atom. The molecule has 4 aromatic rings. The van der Waals surface area contributed by atoms with Crippen molar-refractivity contribution in [1.29, 1.82) is 0 Å². The van der Waals surface area contributed by atoms with E-state index in [0.29, 0.717) is 0 Å². The van der Waals surface area contributed by atoms with Gasteiger partial charge in [0.25, 0.3) is 0 Å². The number of ketones is 1. The SMILES string of the molecule is O=C1C(c2ccc(I)cc2)=C2C(=C1c1ccc(I)cc1)c1cccc3cccc2c13. The van der Waals surface area contributed by atoms with E-state index in [1.807, 2.05) is 0 Å². The lowest BCUT2D eigenvalue weighted by atomic mass is 9.93. The van der Waals surface area contributed by atoms with Crippen LogP contribution < -0.4 is 0 Å². The van der Waals surface area contributed by atoms with E-state index < -0.39 is 0 Å². The maximum atomic E-state index is 13.9. The van der Waals surface area contributed by atoms with E-state index >= 15 is 0 Å². The summed E-state index contributed by atoms with van der Waals surface area (Å²) in [5.74, 6) is 0.119. The van der Waals surface area contributed by atoms with Crippen LogP contribution in [-0.4, -0.2) is 5.78 Å². The molecule has 0 saturated carbocycles. The summed E-state index contributed by atoms with van der Waals surface area (Å²) in [6.07, 6.45) is 0. The zero-order valence-electron chi connectivity index (χ0n) is 15.7. The van der Waals surface area contributed by atoms with Gasteiger partial charge in [0.1, 0.15) is 0 Å². The van der Waals surface area contributed by atoms with Crippen molar-refractivity contribution in [2.24, 2.45) is 0 Å². The molecule has 0 atom stereocenters. The molecular weight excluding hydrogens is 594 g/mol. The Morgan fingerprint density at radius 3 is 1.37 bits per heavy atom. The number of Topliss-reactive ketones (excluding diaryl/α,β-unsaturated/α-hetero) is 1. The van der Waals surface area contributed by atoms with Gasteiger partial charge in [-0.2, -0.15) is 0 Å². The van der Waals surface area contributed by atoms with E-state index in [-0.39, 0.29) is 5.78 Å². The molecule has 0 aromatic heterocycles. The first-order chi connectivity index (χ1) is 14.6. The highest BCUT2D eigenvalue weighted by Gasteiger charge is 2.39. The summed E-state index contributed by atoms with van der Waals surface area (Å²) in [5, 5.41) is 2.47. The number of carbonyl (C=O) groups is 1. The van der Waals surface area contributed by atoms with Crippen molar-refractivity contribution < 1.29 is 4.79 Å². The molecule has 0 bridgehead atoms. The fourth-order valence-corrected chi connectivity index (χ4v) is 5.40. The standard InChI is InChI=1S/C27H14I2O/c28-18-11-7-16(8-12-18)23-25-20-5-1-3-15-4-2-6-21(22(15)20)26(25)24(27(23)30)17-9-13-19(29)14-10-17/h1-14H. The third-order valence-corrected chi connectivity index (χ3v) is 7.35. The fourth-order valence-electron chi connectivity index (χ4n) is 4.68. The van der Waals surface area contributed by atoms with Crippen molar-refractivity contribution in [1.82, 2.24) is 0 Å². The number of hydrogen-bond donors (Lipinski definition) is 0. The lowest BCUT2D eigenvalue weighted by Gasteiger charge is -2.09. The zero-order valence-corrected chi connectivity index (χ0v) is 20.1. The minimum absolute atomic E-state index is 0.119. The third-order valence-electron chi connectivity index (χ3n) is 5.91. The van der Waals surface area contributed by atoms with Crippen molar-refractivity contribution >= 4 is 84.0 Å². The van der Waals surface area contributed by atoms with Crippen LogP contribution in [0.5, 0.6) is 0 Å². The van der Waals surface area contributed by atoms with Crippen LogP contribution >= 0.6 is 45.2 Å². The summed E-state index contributed by atoms with van der Waals surface area (Å²) in [7, 11) is 0. The number of allylic oxidation sites excluding steroid dienone is 4. The van der Waals surface area contributed by atoms with Gasteiger partial charge in [0.2, 0.25) is 0 Å². The Hall–Kier alpha value is -2.25. The van der Waals surface area contributed by atoms with Gasteiger partial charge in [0.05, 0.1) is 0 Å². The molecule has 0 aliphatic heterocycles. The van der Waals surface area contributed by atoms with Gasteiger partial charge in [-0.3, -0.25) is 4.79 Å². The first-order valence-electron chi connectivity index (χ1n) is 9.71. The molecule has 2 aliphatic rings. The largest absolute Gasteiger partial charge is 0.289 e. The van der Waals surface area contributed by atoms with E-state index in [0.717, 1.165) is 40.6 Å². The maximum absolute atomic E-state index is 13.9. The van der Waals surface area contributed by atoms with Gasteiger partial charge in [0.15, 0.2) is 5.78 Å².